The maximum absolute atomic E-state index is 13.0. The first kappa shape index (κ1) is 23.8. The van der Waals surface area contributed by atoms with E-state index in [-0.39, 0.29) is 43.0 Å². The summed E-state index contributed by atoms with van der Waals surface area (Å²) >= 11 is 0. The maximum atomic E-state index is 13.0. The summed E-state index contributed by atoms with van der Waals surface area (Å²) in [5.41, 5.74) is 0.576. The van der Waals surface area contributed by atoms with Crippen LogP contribution in [0.4, 0.5) is 5.69 Å². The van der Waals surface area contributed by atoms with E-state index in [1.54, 1.807) is 30.3 Å². The van der Waals surface area contributed by atoms with Gasteiger partial charge in [-0.05, 0) is 49.2 Å². The smallest absolute Gasteiger partial charge is 0.243 e. The third-order valence-corrected chi connectivity index (χ3v) is 7.64. The topological polar surface area (TPSA) is 123 Å². The average Bonchev–Trinajstić information content (AvgIpc) is 3.32. The van der Waals surface area contributed by atoms with E-state index < -0.39 is 15.9 Å². The minimum Gasteiger partial charge on any atom is -0.497 e. The summed E-state index contributed by atoms with van der Waals surface area (Å²) < 4.78 is 42.9. The second kappa shape index (κ2) is 10.3. The monoisotopic (exact) mass is 489 g/mol. The fourth-order valence-corrected chi connectivity index (χ4v) is 5.44. The third kappa shape index (κ3) is 5.42. The first-order valence-corrected chi connectivity index (χ1v) is 12.4. The molecule has 0 saturated carbocycles. The molecule has 2 N–H and O–H groups in total. The number of amides is 2. The Bertz CT molecular complexity index is 1150. The van der Waals surface area contributed by atoms with Gasteiger partial charge in [-0.15, -0.1) is 0 Å². The minimum absolute atomic E-state index is 0.0841. The van der Waals surface area contributed by atoms with Crippen LogP contribution in [-0.2, 0) is 19.6 Å². The SMILES string of the molecule is COc1ccc(S(=O)(=O)N2CCC[C@@H](C(=O)NCCC(=O)Nc3ccc4c(c3)OCO4)C2)cc1. The number of ether oxygens (including phenoxy) is 3. The molecule has 34 heavy (non-hydrogen) atoms. The Morgan fingerprint density at radius 2 is 1.88 bits per heavy atom. The molecule has 0 unspecified atom stereocenters. The highest BCUT2D eigenvalue weighted by atomic mass is 32.2. The molecule has 0 spiro atoms. The van der Waals surface area contributed by atoms with Crippen molar-refractivity contribution < 1.29 is 32.2 Å². The van der Waals surface area contributed by atoms with Crippen LogP contribution in [0, 0.1) is 5.92 Å². The lowest BCUT2D eigenvalue weighted by Crippen LogP contribution is -2.45. The first-order chi connectivity index (χ1) is 16.4. The Labute approximate surface area is 198 Å². The van der Waals surface area contributed by atoms with Gasteiger partial charge in [0.1, 0.15) is 5.75 Å². The second-order valence-corrected chi connectivity index (χ2v) is 9.97. The molecule has 1 fully saturated rings. The van der Waals surface area contributed by atoms with Gasteiger partial charge in [-0.2, -0.15) is 4.31 Å². The van der Waals surface area contributed by atoms with Crippen molar-refractivity contribution in [1.82, 2.24) is 9.62 Å². The molecule has 182 valence electrons. The Hall–Kier alpha value is -3.31. The number of hydrogen-bond acceptors (Lipinski definition) is 7. The van der Waals surface area contributed by atoms with Gasteiger partial charge < -0.3 is 24.8 Å². The number of piperidine rings is 1. The number of methoxy groups -OCH3 is 1. The molecule has 1 saturated heterocycles. The third-order valence-electron chi connectivity index (χ3n) is 5.76. The quantitative estimate of drug-likeness (QED) is 0.581. The van der Waals surface area contributed by atoms with Crippen LogP contribution in [0.5, 0.6) is 17.2 Å². The molecule has 1 atom stereocenters. The molecule has 2 amide bonds. The molecule has 10 nitrogen and oxygen atoms in total. The van der Waals surface area contributed by atoms with E-state index in [0.717, 1.165) is 0 Å². The molecule has 0 aromatic heterocycles. The van der Waals surface area contributed by atoms with Crippen molar-refractivity contribution in [1.29, 1.82) is 0 Å². The van der Waals surface area contributed by atoms with Crippen LogP contribution in [-0.4, -0.2) is 58.1 Å². The Kier molecular flexibility index (Phi) is 7.23. The van der Waals surface area contributed by atoms with E-state index >= 15 is 0 Å². The number of nitrogens with zero attached hydrogens (tertiary/aromatic N) is 1. The van der Waals surface area contributed by atoms with E-state index in [9.17, 15) is 18.0 Å². The summed E-state index contributed by atoms with van der Waals surface area (Å²) in [5.74, 6) is 0.770. The summed E-state index contributed by atoms with van der Waals surface area (Å²) in [6.45, 7) is 0.759. The molecule has 2 aliphatic heterocycles. The van der Waals surface area contributed by atoms with Gasteiger partial charge in [0.25, 0.3) is 0 Å². The zero-order chi connectivity index (χ0) is 24.1. The van der Waals surface area contributed by atoms with Crippen LogP contribution in [0.15, 0.2) is 47.4 Å². The maximum Gasteiger partial charge on any atom is 0.243 e. The molecule has 2 heterocycles. The Balaban J connectivity index is 1.26. The Morgan fingerprint density at radius 3 is 2.65 bits per heavy atom. The largest absolute Gasteiger partial charge is 0.497 e. The number of carbonyl (C=O) groups excluding carboxylic acids is 2. The fourth-order valence-electron chi connectivity index (χ4n) is 3.91. The van der Waals surface area contributed by atoms with Crippen LogP contribution in [0.1, 0.15) is 19.3 Å². The summed E-state index contributed by atoms with van der Waals surface area (Å²) in [4.78, 5) is 25.0. The summed E-state index contributed by atoms with van der Waals surface area (Å²) in [5, 5.41) is 5.51. The van der Waals surface area contributed by atoms with Crippen molar-refractivity contribution in [2.45, 2.75) is 24.2 Å². The first-order valence-electron chi connectivity index (χ1n) is 11.0. The molecule has 11 heteroatoms. The van der Waals surface area contributed by atoms with E-state index in [0.29, 0.717) is 42.3 Å². The lowest BCUT2D eigenvalue weighted by atomic mass is 9.99. The number of sulfonamides is 1. The van der Waals surface area contributed by atoms with Gasteiger partial charge in [0.15, 0.2) is 11.5 Å². The number of anilines is 1. The predicted octanol–water partition coefficient (Wildman–Crippen LogP) is 1.97. The van der Waals surface area contributed by atoms with Gasteiger partial charge in [-0.3, -0.25) is 9.59 Å². The molecule has 2 aromatic rings. The average molecular weight is 490 g/mol. The molecule has 0 aliphatic carbocycles. The van der Waals surface area contributed by atoms with Crippen molar-refractivity contribution >= 4 is 27.5 Å². The van der Waals surface area contributed by atoms with Crippen molar-refractivity contribution in [2.75, 3.05) is 38.9 Å². The highest BCUT2D eigenvalue weighted by Crippen LogP contribution is 2.34. The molecule has 0 radical (unpaired) electrons. The van der Waals surface area contributed by atoms with E-state index in [4.69, 9.17) is 14.2 Å². The van der Waals surface area contributed by atoms with Crippen molar-refractivity contribution in [2.24, 2.45) is 5.92 Å². The summed E-state index contributed by atoms with van der Waals surface area (Å²) in [6.07, 6.45) is 1.25. The number of hydrogen-bond donors (Lipinski definition) is 2. The molecule has 4 rings (SSSR count). The van der Waals surface area contributed by atoms with Gasteiger partial charge in [0.05, 0.1) is 17.9 Å². The molecular weight excluding hydrogens is 462 g/mol. The lowest BCUT2D eigenvalue weighted by Gasteiger charge is -2.31. The van der Waals surface area contributed by atoms with E-state index in [1.807, 2.05) is 0 Å². The normalized spacial score (nSPS) is 17.7. The van der Waals surface area contributed by atoms with Crippen LogP contribution < -0.4 is 24.8 Å². The molecule has 2 aliphatic rings. The highest BCUT2D eigenvalue weighted by molar-refractivity contribution is 7.89. The van der Waals surface area contributed by atoms with Crippen molar-refractivity contribution in [3.05, 3.63) is 42.5 Å². The zero-order valence-corrected chi connectivity index (χ0v) is 19.6. The van der Waals surface area contributed by atoms with E-state index in [2.05, 4.69) is 10.6 Å². The van der Waals surface area contributed by atoms with Crippen molar-refractivity contribution in [3.63, 3.8) is 0 Å². The van der Waals surface area contributed by atoms with Crippen LogP contribution in [0.25, 0.3) is 0 Å². The number of benzene rings is 2. The van der Waals surface area contributed by atoms with Crippen molar-refractivity contribution in [3.8, 4) is 17.2 Å². The lowest BCUT2D eigenvalue weighted by molar-refractivity contribution is -0.126. The van der Waals surface area contributed by atoms with Crippen LogP contribution >= 0.6 is 0 Å². The molecule has 0 bridgehead atoms. The highest BCUT2D eigenvalue weighted by Gasteiger charge is 2.33. The standard InChI is InChI=1S/C23H27N3O7S/c1-31-18-5-7-19(8-6-18)34(29,30)26-12-2-3-16(14-26)23(28)24-11-10-22(27)25-17-4-9-20-21(13-17)33-15-32-20/h4-9,13,16H,2-3,10-12,14-15H2,1H3,(H,24,28)(H,25,27)/t16-/m1/s1. The van der Waals surface area contributed by atoms with E-state index in [1.165, 1.54) is 23.5 Å². The predicted molar refractivity (Wildman–Crippen MR) is 123 cm³/mol. The number of nitrogens with one attached hydrogen (secondary N) is 2. The number of carbonyl (C=O) groups is 2. The van der Waals surface area contributed by atoms with Crippen LogP contribution in [0.2, 0.25) is 0 Å². The van der Waals surface area contributed by atoms with Crippen LogP contribution in [0.3, 0.4) is 0 Å². The van der Waals surface area contributed by atoms with Gasteiger partial charge in [-0.25, -0.2) is 8.42 Å². The second-order valence-electron chi connectivity index (χ2n) is 8.03. The molecular formula is C23H27N3O7S. The minimum atomic E-state index is -3.71. The zero-order valence-electron chi connectivity index (χ0n) is 18.8. The Morgan fingerprint density at radius 1 is 1.12 bits per heavy atom. The van der Waals surface area contributed by atoms with Gasteiger partial charge in [0, 0.05) is 37.8 Å². The van der Waals surface area contributed by atoms with Gasteiger partial charge in [-0.1, -0.05) is 0 Å². The van der Waals surface area contributed by atoms with Gasteiger partial charge >= 0.3 is 0 Å². The van der Waals surface area contributed by atoms with Gasteiger partial charge in [0.2, 0.25) is 28.6 Å². The fraction of sp³-hybridized carbons (Fsp3) is 0.391. The number of fused-ring (bicyclic) bond motifs is 1. The summed E-state index contributed by atoms with van der Waals surface area (Å²) in [7, 11) is -2.20. The number of rotatable bonds is 8. The molecule has 2 aromatic carbocycles. The summed E-state index contributed by atoms with van der Waals surface area (Å²) in [6, 6.07) is 11.3.